The summed E-state index contributed by atoms with van der Waals surface area (Å²) < 4.78 is 0. The Kier molecular flexibility index (Phi) is 8.04. The second-order valence-corrected chi connectivity index (χ2v) is 9.99. The van der Waals surface area contributed by atoms with Gasteiger partial charge in [0.05, 0.1) is 5.39 Å². The molecule has 1 aliphatic rings. The minimum Gasteiger partial charge on any atom is -0.368 e. The van der Waals surface area contributed by atoms with Gasteiger partial charge in [-0.25, -0.2) is 9.97 Å². The van der Waals surface area contributed by atoms with Crippen LogP contribution in [-0.4, -0.2) is 63.8 Å². The van der Waals surface area contributed by atoms with E-state index in [9.17, 15) is 14.4 Å². The fourth-order valence-corrected chi connectivity index (χ4v) is 5.02. The van der Waals surface area contributed by atoms with Gasteiger partial charge in [-0.05, 0) is 42.5 Å². The smallest absolute Gasteiger partial charge is 0.270 e. The highest BCUT2D eigenvalue weighted by molar-refractivity contribution is 6.00. The van der Waals surface area contributed by atoms with Crippen molar-refractivity contribution in [2.45, 2.75) is 32.6 Å². The average molecular weight is 540 g/mol. The van der Waals surface area contributed by atoms with E-state index in [0.29, 0.717) is 55.1 Å². The number of carbonyl (C=O) groups is 3. The molecule has 0 unspecified atom stereocenters. The average Bonchev–Trinajstić information content (AvgIpc) is 3.40. The molecule has 1 aliphatic heterocycles. The zero-order valence-electron chi connectivity index (χ0n) is 22.7. The zero-order chi connectivity index (χ0) is 28.1. The largest absolute Gasteiger partial charge is 0.368 e. The molecule has 3 amide bonds. The molecule has 2 aromatic heterocycles. The molecule has 0 aliphatic carbocycles. The van der Waals surface area contributed by atoms with Crippen LogP contribution in [0.4, 0.5) is 11.5 Å². The van der Waals surface area contributed by atoms with Crippen LogP contribution in [0.1, 0.15) is 48.7 Å². The van der Waals surface area contributed by atoms with E-state index in [0.717, 1.165) is 29.5 Å². The third-order valence-corrected chi connectivity index (χ3v) is 7.03. The van der Waals surface area contributed by atoms with Gasteiger partial charge in [-0.1, -0.05) is 42.5 Å². The number of nitrogens with one attached hydrogen (secondary N) is 4. The second kappa shape index (κ2) is 12.0. The normalized spacial score (nSPS) is 13.7. The van der Waals surface area contributed by atoms with Gasteiger partial charge < -0.3 is 25.8 Å². The van der Waals surface area contributed by atoms with Gasteiger partial charge in [0, 0.05) is 51.3 Å². The summed E-state index contributed by atoms with van der Waals surface area (Å²) in [6, 6.07) is 19.4. The maximum absolute atomic E-state index is 13.5. The van der Waals surface area contributed by atoms with Gasteiger partial charge >= 0.3 is 0 Å². The van der Waals surface area contributed by atoms with Crippen LogP contribution in [0.5, 0.6) is 0 Å². The van der Waals surface area contributed by atoms with Gasteiger partial charge in [-0.3, -0.25) is 14.4 Å². The van der Waals surface area contributed by atoms with Gasteiger partial charge in [0.1, 0.15) is 17.2 Å². The lowest BCUT2D eigenvalue weighted by atomic mass is 9.89. The lowest BCUT2D eigenvalue weighted by molar-refractivity contribution is -0.119. The summed E-state index contributed by atoms with van der Waals surface area (Å²) in [4.78, 5) is 50.6. The molecule has 0 radical (unpaired) electrons. The number of rotatable bonds is 8. The Bertz CT molecular complexity index is 1510. The van der Waals surface area contributed by atoms with Crippen molar-refractivity contribution in [3.8, 4) is 11.4 Å². The van der Waals surface area contributed by atoms with Gasteiger partial charge in [-0.15, -0.1) is 0 Å². The van der Waals surface area contributed by atoms with Crippen LogP contribution in [0.2, 0.25) is 0 Å². The summed E-state index contributed by atoms with van der Waals surface area (Å²) in [6.45, 7) is 5.20. The number of hydrogen-bond acceptors (Lipinski definition) is 6. The van der Waals surface area contributed by atoms with Crippen LogP contribution in [-0.2, 0) is 9.59 Å². The van der Waals surface area contributed by atoms with Crippen molar-refractivity contribution in [3.05, 3.63) is 71.9 Å². The summed E-state index contributed by atoms with van der Waals surface area (Å²) in [5.74, 6) is 1.25. The summed E-state index contributed by atoms with van der Waals surface area (Å²) in [5, 5.41) is 9.58. The number of benzene rings is 2. The molecule has 10 heteroatoms. The Morgan fingerprint density at radius 3 is 2.33 bits per heavy atom. The SMILES string of the molecule is CC(=O)NCCNc1nc(-c2ccccc2)nc2[nH]c(C(=O)N3CCC(c4ccc(NC(C)=O)cc4)CC3)cc12. The zero-order valence-corrected chi connectivity index (χ0v) is 22.7. The van der Waals surface area contributed by atoms with Crippen LogP contribution in [0.15, 0.2) is 60.7 Å². The molecule has 40 heavy (non-hydrogen) atoms. The minimum atomic E-state index is -0.0973. The first-order chi connectivity index (χ1) is 19.4. The van der Waals surface area contributed by atoms with Crippen molar-refractivity contribution in [2.24, 2.45) is 0 Å². The number of aromatic amines is 1. The Morgan fingerprint density at radius 1 is 0.925 bits per heavy atom. The van der Waals surface area contributed by atoms with Gasteiger partial charge in [-0.2, -0.15) is 0 Å². The molecule has 0 bridgehead atoms. The maximum atomic E-state index is 13.5. The third-order valence-electron chi connectivity index (χ3n) is 7.03. The van der Waals surface area contributed by atoms with Crippen molar-refractivity contribution in [2.75, 3.05) is 36.8 Å². The molecule has 10 nitrogen and oxygen atoms in total. The molecule has 5 rings (SSSR count). The van der Waals surface area contributed by atoms with Crippen LogP contribution in [0, 0.1) is 0 Å². The quantitative estimate of drug-likeness (QED) is 0.249. The molecule has 2 aromatic carbocycles. The fraction of sp³-hybridized carbons (Fsp3) is 0.300. The van der Waals surface area contributed by atoms with E-state index in [-0.39, 0.29) is 17.7 Å². The number of fused-ring (bicyclic) bond motifs is 1. The Hall–Kier alpha value is -4.73. The van der Waals surface area contributed by atoms with Gasteiger partial charge in [0.25, 0.3) is 5.91 Å². The number of piperidine rings is 1. The van der Waals surface area contributed by atoms with E-state index in [1.165, 1.54) is 19.4 Å². The lowest BCUT2D eigenvalue weighted by Crippen LogP contribution is -2.38. The summed E-state index contributed by atoms with van der Waals surface area (Å²) in [5.41, 5.74) is 3.91. The number of nitrogens with zero attached hydrogens (tertiary/aromatic N) is 3. The van der Waals surface area contributed by atoms with Crippen molar-refractivity contribution in [1.29, 1.82) is 0 Å². The minimum absolute atomic E-state index is 0.0667. The maximum Gasteiger partial charge on any atom is 0.270 e. The second-order valence-electron chi connectivity index (χ2n) is 9.99. The first-order valence-electron chi connectivity index (χ1n) is 13.5. The predicted molar refractivity (Wildman–Crippen MR) is 155 cm³/mol. The molecule has 0 saturated carbocycles. The number of anilines is 2. The number of carbonyl (C=O) groups excluding carboxylic acids is 3. The van der Waals surface area contributed by atoms with Gasteiger partial charge in [0.15, 0.2) is 5.82 Å². The number of aromatic nitrogens is 3. The molecule has 1 fully saturated rings. The summed E-state index contributed by atoms with van der Waals surface area (Å²) in [7, 11) is 0. The molecule has 0 spiro atoms. The Labute approximate surface area is 232 Å². The lowest BCUT2D eigenvalue weighted by Gasteiger charge is -2.32. The van der Waals surface area contributed by atoms with E-state index >= 15 is 0 Å². The number of hydrogen-bond donors (Lipinski definition) is 4. The van der Waals surface area contributed by atoms with Crippen molar-refractivity contribution < 1.29 is 14.4 Å². The van der Waals surface area contributed by atoms with E-state index in [1.807, 2.05) is 47.4 Å². The highest BCUT2D eigenvalue weighted by Crippen LogP contribution is 2.31. The molecule has 0 atom stereocenters. The monoisotopic (exact) mass is 539 g/mol. The molecular weight excluding hydrogens is 506 g/mol. The summed E-state index contributed by atoms with van der Waals surface area (Å²) in [6.07, 6.45) is 1.72. The molecule has 206 valence electrons. The van der Waals surface area contributed by atoms with E-state index in [2.05, 4.69) is 33.1 Å². The number of likely N-dealkylation sites (tertiary alicyclic amines) is 1. The standard InChI is InChI=1S/C30H33N7O3/c1-19(38)31-14-15-32-28-25-18-26(34-29(25)36-27(35-28)23-6-4-3-5-7-23)30(40)37-16-12-22(13-17-37)21-8-10-24(11-9-21)33-20(2)39/h3-11,18,22H,12-17H2,1-2H3,(H,31,38)(H,33,39)(H2,32,34,35,36). The topological polar surface area (TPSA) is 132 Å². The molecule has 4 N–H and O–H groups in total. The highest BCUT2D eigenvalue weighted by Gasteiger charge is 2.26. The highest BCUT2D eigenvalue weighted by atomic mass is 16.2. The first kappa shape index (κ1) is 26.9. The Morgan fingerprint density at radius 2 is 1.65 bits per heavy atom. The van der Waals surface area contributed by atoms with E-state index in [4.69, 9.17) is 9.97 Å². The number of amides is 3. The van der Waals surface area contributed by atoms with E-state index < -0.39 is 0 Å². The van der Waals surface area contributed by atoms with Crippen LogP contribution in [0.25, 0.3) is 22.4 Å². The van der Waals surface area contributed by atoms with Crippen LogP contribution >= 0.6 is 0 Å². The first-order valence-corrected chi connectivity index (χ1v) is 13.5. The van der Waals surface area contributed by atoms with Crippen molar-refractivity contribution >= 4 is 40.3 Å². The van der Waals surface area contributed by atoms with E-state index in [1.54, 1.807) is 6.07 Å². The predicted octanol–water partition coefficient (Wildman–Crippen LogP) is 4.15. The van der Waals surface area contributed by atoms with Crippen LogP contribution in [0.3, 0.4) is 0 Å². The molecule has 4 aromatic rings. The van der Waals surface area contributed by atoms with Gasteiger partial charge in [0.2, 0.25) is 11.8 Å². The number of H-pyrrole nitrogens is 1. The molecule has 1 saturated heterocycles. The summed E-state index contributed by atoms with van der Waals surface area (Å²) >= 11 is 0. The molecule has 3 heterocycles. The fourth-order valence-electron chi connectivity index (χ4n) is 5.02. The molecular formula is C30H33N7O3. The Balaban J connectivity index is 1.31. The third kappa shape index (κ3) is 6.28. The van der Waals surface area contributed by atoms with Crippen molar-refractivity contribution in [1.82, 2.24) is 25.2 Å². The van der Waals surface area contributed by atoms with Crippen LogP contribution < -0.4 is 16.0 Å². The van der Waals surface area contributed by atoms with Crippen molar-refractivity contribution in [3.63, 3.8) is 0 Å².